The molecule has 33 heavy (non-hydrogen) atoms. The van der Waals surface area contributed by atoms with Gasteiger partial charge in [-0.1, -0.05) is 48.5 Å². The molecular weight excluding hydrogens is 416 g/mol. The molecule has 3 aromatic rings. The van der Waals surface area contributed by atoms with Crippen molar-refractivity contribution in [2.24, 2.45) is 0 Å². The molecule has 1 atom stereocenters. The van der Waals surface area contributed by atoms with E-state index < -0.39 is 12.0 Å². The average Bonchev–Trinajstić information content (AvgIpc) is 3.38. The third-order valence-corrected chi connectivity index (χ3v) is 6.20. The Morgan fingerprint density at radius 1 is 1.06 bits per heavy atom. The van der Waals surface area contributed by atoms with Crippen LogP contribution in [0.2, 0.25) is 0 Å². The van der Waals surface area contributed by atoms with Crippen LogP contribution in [0, 0.1) is 0 Å². The molecule has 166 valence electrons. The molecule has 2 N–H and O–H groups in total. The lowest BCUT2D eigenvalue weighted by atomic mass is 9.98. The van der Waals surface area contributed by atoms with Gasteiger partial charge in [0.25, 0.3) is 0 Å². The molecule has 1 unspecified atom stereocenters. The number of aliphatic carboxylic acids is 1. The predicted octanol–water partition coefficient (Wildman–Crippen LogP) is 3.43. The Morgan fingerprint density at radius 2 is 1.94 bits per heavy atom. The maximum Gasteiger partial charge on any atom is 0.321 e. The van der Waals surface area contributed by atoms with E-state index >= 15 is 0 Å². The Hall–Kier alpha value is -3.77. The van der Waals surface area contributed by atoms with Gasteiger partial charge in [-0.05, 0) is 47.7 Å². The summed E-state index contributed by atoms with van der Waals surface area (Å²) in [5.41, 5.74) is 6.69. The third kappa shape index (κ3) is 4.30. The SMILES string of the molecule is O=C1Cc2ccccc2/C1=C1\OCc2cc(CCNC(Cc3cccnc3)C(=O)O)ccc21. The smallest absolute Gasteiger partial charge is 0.321 e. The minimum absolute atomic E-state index is 0.0978. The van der Waals surface area contributed by atoms with E-state index in [1.165, 1.54) is 0 Å². The van der Waals surface area contributed by atoms with Crippen molar-refractivity contribution in [3.63, 3.8) is 0 Å². The van der Waals surface area contributed by atoms with Crippen LogP contribution in [-0.4, -0.2) is 34.4 Å². The number of allylic oxidation sites excluding steroid dienone is 1. The molecule has 0 amide bonds. The number of rotatable bonds is 7. The summed E-state index contributed by atoms with van der Waals surface area (Å²) in [6.45, 7) is 0.973. The number of benzene rings is 2. The highest BCUT2D eigenvalue weighted by Gasteiger charge is 2.32. The summed E-state index contributed by atoms with van der Waals surface area (Å²) in [6, 6.07) is 17.0. The summed E-state index contributed by atoms with van der Waals surface area (Å²) in [5, 5.41) is 12.7. The van der Waals surface area contributed by atoms with Crippen LogP contribution in [0.4, 0.5) is 0 Å². The van der Waals surface area contributed by atoms with Crippen molar-refractivity contribution in [2.45, 2.75) is 31.9 Å². The molecule has 1 aliphatic carbocycles. The van der Waals surface area contributed by atoms with Crippen molar-refractivity contribution < 1.29 is 19.4 Å². The monoisotopic (exact) mass is 440 g/mol. The number of hydrogen-bond donors (Lipinski definition) is 2. The standard InChI is InChI=1S/C27H24N2O4/c30-24-14-19-5-1-2-6-21(19)25(24)26-22-8-7-17(12-20(22)16-33-26)9-11-29-23(27(31)32)13-18-4-3-10-28-15-18/h1-8,10,12,15,23,29H,9,11,13-14,16H2,(H,31,32)/b26-25+. The van der Waals surface area contributed by atoms with E-state index in [-0.39, 0.29) is 5.78 Å². The highest BCUT2D eigenvalue weighted by atomic mass is 16.5. The number of ether oxygens (including phenoxy) is 1. The van der Waals surface area contributed by atoms with Gasteiger partial charge in [0.05, 0.1) is 5.57 Å². The summed E-state index contributed by atoms with van der Waals surface area (Å²) >= 11 is 0. The number of ketones is 1. The molecule has 0 saturated carbocycles. The number of nitrogens with zero attached hydrogens (tertiary/aromatic N) is 1. The van der Waals surface area contributed by atoms with E-state index in [9.17, 15) is 14.7 Å². The molecule has 5 rings (SSSR count). The highest BCUT2D eigenvalue weighted by molar-refractivity contribution is 6.31. The molecule has 0 saturated heterocycles. The van der Waals surface area contributed by atoms with Gasteiger partial charge in [0.2, 0.25) is 0 Å². The zero-order valence-corrected chi connectivity index (χ0v) is 18.1. The summed E-state index contributed by atoms with van der Waals surface area (Å²) in [7, 11) is 0. The topological polar surface area (TPSA) is 88.5 Å². The zero-order chi connectivity index (χ0) is 22.8. The molecule has 1 aromatic heterocycles. The van der Waals surface area contributed by atoms with Crippen LogP contribution in [0.5, 0.6) is 0 Å². The molecule has 0 fully saturated rings. The van der Waals surface area contributed by atoms with Crippen LogP contribution < -0.4 is 5.32 Å². The van der Waals surface area contributed by atoms with E-state index in [4.69, 9.17) is 4.74 Å². The van der Waals surface area contributed by atoms with E-state index in [2.05, 4.69) is 16.4 Å². The van der Waals surface area contributed by atoms with Crippen LogP contribution in [0.1, 0.15) is 33.4 Å². The van der Waals surface area contributed by atoms with E-state index in [0.29, 0.717) is 43.7 Å². The number of Topliss-reactive ketones (excluding diaryl/α,β-unsaturated/α-hetero) is 1. The van der Waals surface area contributed by atoms with Crippen LogP contribution in [0.3, 0.4) is 0 Å². The van der Waals surface area contributed by atoms with Gasteiger partial charge in [-0.15, -0.1) is 0 Å². The Labute approximate surface area is 191 Å². The van der Waals surface area contributed by atoms with Crippen LogP contribution in [-0.2, 0) is 40.2 Å². The number of nitrogens with one attached hydrogen (secondary N) is 1. The zero-order valence-electron chi connectivity index (χ0n) is 18.1. The Kier molecular flexibility index (Phi) is 5.75. The first kappa shape index (κ1) is 21.1. The number of pyridine rings is 1. The van der Waals surface area contributed by atoms with Crippen molar-refractivity contribution in [3.05, 3.63) is 100 Å². The fourth-order valence-electron chi connectivity index (χ4n) is 4.55. The Balaban J connectivity index is 1.28. The van der Waals surface area contributed by atoms with Crippen LogP contribution >= 0.6 is 0 Å². The van der Waals surface area contributed by atoms with E-state index in [1.807, 2.05) is 48.5 Å². The summed E-state index contributed by atoms with van der Waals surface area (Å²) in [5.74, 6) is -0.105. The lowest BCUT2D eigenvalue weighted by molar-refractivity contribution is -0.139. The molecule has 0 spiro atoms. The van der Waals surface area contributed by atoms with Gasteiger partial charge in [0, 0.05) is 29.9 Å². The van der Waals surface area contributed by atoms with Crippen molar-refractivity contribution in [1.29, 1.82) is 0 Å². The van der Waals surface area contributed by atoms with Gasteiger partial charge in [0.15, 0.2) is 5.78 Å². The highest BCUT2D eigenvalue weighted by Crippen LogP contribution is 2.40. The fourth-order valence-corrected chi connectivity index (χ4v) is 4.55. The number of carbonyl (C=O) groups is 2. The number of aromatic nitrogens is 1. The lowest BCUT2D eigenvalue weighted by Crippen LogP contribution is -2.39. The van der Waals surface area contributed by atoms with Gasteiger partial charge < -0.3 is 15.2 Å². The van der Waals surface area contributed by atoms with Crippen molar-refractivity contribution in [1.82, 2.24) is 10.3 Å². The van der Waals surface area contributed by atoms with Gasteiger partial charge in [-0.3, -0.25) is 14.6 Å². The predicted molar refractivity (Wildman–Crippen MR) is 124 cm³/mol. The second kappa shape index (κ2) is 9.00. The number of carboxylic acids is 1. The minimum Gasteiger partial charge on any atom is -0.487 e. The second-order valence-corrected chi connectivity index (χ2v) is 8.40. The van der Waals surface area contributed by atoms with Gasteiger partial charge in [-0.2, -0.15) is 0 Å². The molecule has 1 aliphatic heterocycles. The number of hydrogen-bond acceptors (Lipinski definition) is 5. The Morgan fingerprint density at radius 3 is 2.76 bits per heavy atom. The van der Waals surface area contributed by atoms with Crippen LogP contribution in [0.25, 0.3) is 11.3 Å². The molecule has 6 nitrogen and oxygen atoms in total. The molecule has 0 radical (unpaired) electrons. The maximum atomic E-state index is 12.7. The summed E-state index contributed by atoms with van der Waals surface area (Å²) < 4.78 is 5.99. The molecule has 0 bridgehead atoms. The van der Waals surface area contributed by atoms with Crippen LogP contribution in [0.15, 0.2) is 67.0 Å². The molecular formula is C27H24N2O4. The normalized spacial score (nSPS) is 17.4. The molecule has 2 aromatic carbocycles. The van der Waals surface area contributed by atoms with Gasteiger partial charge in [0.1, 0.15) is 18.4 Å². The molecule has 6 heteroatoms. The first-order chi connectivity index (χ1) is 16.1. The van der Waals surface area contributed by atoms with Crippen molar-refractivity contribution in [3.8, 4) is 0 Å². The lowest BCUT2D eigenvalue weighted by Gasteiger charge is -2.14. The molecule has 2 heterocycles. The Bertz CT molecular complexity index is 1250. The quantitative estimate of drug-likeness (QED) is 0.548. The minimum atomic E-state index is -0.876. The van der Waals surface area contributed by atoms with Gasteiger partial charge in [-0.25, -0.2) is 0 Å². The number of carbonyl (C=O) groups excluding carboxylic acids is 1. The number of fused-ring (bicyclic) bond motifs is 2. The fraction of sp³-hybridized carbons (Fsp3) is 0.222. The van der Waals surface area contributed by atoms with E-state index in [1.54, 1.807) is 12.4 Å². The summed E-state index contributed by atoms with van der Waals surface area (Å²) in [4.78, 5) is 28.4. The molecule has 2 aliphatic rings. The maximum absolute atomic E-state index is 12.7. The first-order valence-electron chi connectivity index (χ1n) is 11.1. The second-order valence-electron chi connectivity index (χ2n) is 8.40. The van der Waals surface area contributed by atoms with Gasteiger partial charge >= 0.3 is 5.97 Å². The van der Waals surface area contributed by atoms with Crippen molar-refractivity contribution in [2.75, 3.05) is 6.54 Å². The van der Waals surface area contributed by atoms with Crippen molar-refractivity contribution >= 4 is 23.1 Å². The summed E-state index contributed by atoms with van der Waals surface area (Å²) in [6.07, 6.45) is 4.86. The average molecular weight is 440 g/mol. The van der Waals surface area contributed by atoms with E-state index in [0.717, 1.165) is 33.4 Å². The first-order valence-corrected chi connectivity index (χ1v) is 11.1. The largest absolute Gasteiger partial charge is 0.487 e. The number of carboxylic acid groups (broad SMARTS) is 1. The third-order valence-electron chi connectivity index (χ3n) is 6.20.